The molecule has 1 aromatic rings. The summed E-state index contributed by atoms with van der Waals surface area (Å²) in [7, 11) is 0. The van der Waals surface area contributed by atoms with Gasteiger partial charge in [-0.1, -0.05) is 32.8 Å². The molecule has 0 amide bonds. The molecule has 116 valence electrons. The largest absolute Gasteiger partial charge is 0.385 e. The van der Waals surface area contributed by atoms with Crippen LogP contribution < -0.4 is 10.2 Å². The van der Waals surface area contributed by atoms with Crippen molar-refractivity contribution in [2.75, 3.05) is 23.3 Å². The summed E-state index contributed by atoms with van der Waals surface area (Å²) in [5, 5.41) is 3.59. The first kappa shape index (κ1) is 14.7. The molecule has 2 nitrogen and oxygen atoms in total. The van der Waals surface area contributed by atoms with Gasteiger partial charge in [0.2, 0.25) is 0 Å². The summed E-state index contributed by atoms with van der Waals surface area (Å²) in [4.78, 5) is 2.70. The van der Waals surface area contributed by atoms with Crippen molar-refractivity contribution < 1.29 is 0 Å². The van der Waals surface area contributed by atoms with E-state index in [9.17, 15) is 0 Å². The highest BCUT2D eigenvalue weighted by molar-refractivity contribution is 5.63. The molecule has 1 N–H and O–H groups in total. The average molecular weight is 286 g/mol. The van der Waals surface area contributed by atoms with Crippen molar-refractivity contribution in [3.8, 4) is 0 Å². The van der Waals surface area contributed by atoms with Gasteiger partial charge in [0.15, 0.2) is 0 Å². The maximum absolute atomic E-state index is 3.59. The Morgan fingerprint density at radius 3 is 2.76 bits per heavy atom. The van der Waals surface area contributed by atoms with Gasteiger partial charge < -0.3 is 10.2 Å². The third kappa shape index (κ3) is 3.53. The normalized spacial score (nSPS) is 18.6. The first-order valence-corrected chi connectivity index (χ1v) is 8.87. The fourth-order valence-electron chi connectivity index (χ4n) is 3.76. The molecule has 2 heteroatoms. The van der Waals surface area contributed by atoms with Crippen molar-refractivity contribution in [2.24, 2.45) is 5.92 Å². The molecule has 0 unspecified atom stereocenters. The van der Waals surface area contributed by atoms with E-state index in [2.05, 4.69) is 42.3 Å². The maximum atomic E-state index is 3.59. The second kappa shape index (κ2) is 6.72. The number of aryl methyl sites for hydroxylation is 1. The number of benzene rings is 1. The number of hydrogen-bond acceptors (Lipinski definition) is 2. The van der Waals surface area contributed by atoms with Crippen LogP contribution in [0.4, 0.5) is 11.4 Å². The molecule has 1 fully saturated rings. The number of hydrogen-bond donors (Lipinski definition) is 1. The van der Waals surface area contributed by atoms with Crippen LogP contribution in [0.15, 0.2) is 18.2 Å². The Bertz CT molecular complexity index is 461. The summed E-state index contributed by atoms with van der Waals surface area (Å²) in [6, 6.07) is 7.90. The molecule has 2 aliphatic rings. The van der Waals surface area contributed by atoms with Gasteiger partial charge in [-0.05, 0) is 55.7 Å². The summed E-state index contributed by atoms with van der Waals surface area (Å²) in [5.74, 6) is 0.782. The van der Waals surface area contributed by atoms with Gasteiger partial charge in [-0.2, -0.15) is 0 Å². The van der Waals surface area contributed by atoms with E-state index in [0.29, 0.717) is 0 Å². The molecule has 1 heterocycles. The minimum Gasteiger partial charge on any atom is -0.385 e. The van der Waals surface area contributed by atoms with E-state index in [1.54, 1.807) is 0 Å². The molecule has 1 aliphatic heterocycles. The summed E-state index contributed by atoms with van der Waals surface area (Å²) >= 11 is 0. The standard InChI is InChI=1S/C19H30N2/c1-15(2)11-13-21(17-7-3-4-8-17)18-10-9-16-6-5-12-20-19(16)14-18/h9-10,14-15,17,20H,3-8,11-13H2,1-2H3. The van der Waals surface area contributed by atoms with E-state index < -0.39 is 0 Å². The SMILES string of the molecule is CC(C)CCN(c1ccc2c(c1)NCCC2)C1CCCC1. The zero-order valence-electron chi connectivity index (χ0n) is 13.7. The number of nitrogens with zero attached hydrogens (tertiary/aromatic N) is 1. The van der Waals surface area contributed by atoms with Crippen molar-refractivity contribution in [1.82, 2.24) is 0 Å². The van der Waals surface area contributed by atoms with Crippen LogP contribution in [0.1, 0.15) is 57.9 Å². The predicted molar refractivity (Wildman–Crippen MR) is 92.3 cm³/mol. The molecule has 0 atom stereocenters. The number of nitrogens with one attached hydrogen (secondary N) is 1. The van der Waals surface area contributed by atoms with Gasteiger partial charge in [-0.3, -0.25) is 0 Å². The molecular weight excluding hydrogens is 256 g/mol. The lowest BCUT2D eigenvalue weighted by Gasteiger charge is -2.33. The van der Waals surface area contributed by atoms with Crippen LogP contribution in [0.2, 0.25) is 0 Å². The molecule has 1 aromatic carbocycles. The number of fused-ring (bicyclic) bond motifs is 1. The number of anilines is 2. The first-order valence-electron chi connectivity index (χ1n) is 8.87. The zero-order valence-corrected chi connectivity index (χ0v) is 13.7. The highest BCUT2D eigenvalue weighted by Crippen LogP contribution is 2.33. The summed E-state index contributed by atoms with van der Waals surface area (Å²) in [6.07, 6.45) is 9.37. The summed E-state index contributed by atoms with van der Waals surface area (Å²) < 4.78 is 0. The van der Waals surface area contributed by atoms with Gasteiger partial charge >= 0.3 is 0 Å². The van der Waals surface area contributed by atoms with Crippen LogP contribution in [0.3, 0.4) is 0 Å². The van der Waals surface area contributed by atoms with Crippen LogP contribution in [-0.2, 0) is 6.42 Å². The van der Waals surface area contributed by atoms with E-state index in [4.69, 9.17) is 0 Å². The Morgan fingerprint density at radius 1 is 1.19 bits per heavy atom. The van der Waals surface area contributed by atoms with Gasteiger partial charge in [0.05, 0.1) is 0 Å². The number of rotatable bonds is 5. The Kier molecular flexibility index (Phi) is 4.72. The fraction of sp³-hybridized carbons (Fsp3) is 0.684. The molecular formula is C19H30N2. The van der Waals surface area contributed by atoms with Gasteiger partial charge in [0, 0.05) is 30.5 Å². The second-order valence-electron chi connectivity index (χ2n) is 7.19. The Labute approximate surface area is 129 Å². The van der Waals surface area contributed by atoms with Crippen LogP contribution >= 0.6 is 0 Å². The Balaban J connectivity index is 1.80. The van der Waals surface area contributed by atoms with Crippen LogP contribution in [0.25, 0.3) is 0 Å². The van der Waals surface area contributed by atoms with Crippen molar-refractivity contribution in [3.05, 3.63) is 23.8 Å². The molecule has 0 spiro atoms. The molecule has 0 saturated heterocycles. The van der Waals surface area contributed by atoms with E-state index in [-0.39, 0.29) is 0 Å². The van der Waals surface area contributed by atoms with Crippen molar-refractivity contribution >= 4 is 11.4 Å². The fourth-order valence-corrected chi connectivity index (χ4v) is 3.76. The van der Waals surface area contributed by atoms with Gasteiger partial charge in [0.1, 0.15) is 0 Å². The highest BCUT2D eigenvalue weighted by atomic mass is 15.2. The second-order valence-corrected chi connectivity index (χ2v) is 7.19. The van der Waals surface area contributed by atoms with Crippen molar-refractivity contribution in [1.29, 1.82) is 0 Å². The first-order chi connectivity index (χ1) is 10.2. The molecule has 0 aromatic heterocycles. The quantitative estimate of drug-likeness (QED) is 0.833. The molecule has 1 saturated carbocycles. The van der Waals surface area contributed by atoms with Crippen LogP contribution in [0, 0.1) is 5.92 Å². The monoisotopic (exact) mass is 286 g/mol. The maximum Gasteiger partial charge on any atom is 0.0393 e. The minimum atomic E-state index is 0.769. The van der Waals surface area contributed by atoms with Crippen LogP contribution in [-0.4, -0.2) is 19.1 Å². The molecule has 0 radical (unpaired) electrons. The molecule has 21 heavy (non-hydrogen) atoms. The molecule has 0 bridgehead atoms. The zero-order chi connectivity index (χ0) is 14.7. The van der Waals surface area contributed by atoms with Gasteiger partial charge in [0.25, 0.3) is 0 Å². The van der Waals surface area contributed by atoms with Crippen molar-refractivity contribution in [2.45, 2.75) is 64.8 Å². The topological polar surface area (TPSA) is 15.3 Å². The lowest BCUT2D eigenvalue weighted by molar-refractivity contribution is 0.528. The Morgan fingerprint density at radius 2 is 2.00 bits per heavy atom. The lowest BCUT2D eigenvalue weighted by atomic mass is 10.0. The minimum absolute atomic E-state index is 0.769. The Hall–Kier alpha value is -1.18. The third-order valence-corrected chi connectivity index (χ3v) is 5.08. The highest BCUT2D eigenvalue weighted by Gasteiger charge is 2.23. The average Bonchev–Trinajstić information content (AvgIpc) is 3.01. The van der Waals surface area contributed by atoms with Crippen molar-refractivity contribution in [3.63, 3.8) is 0 Å². The van der Waals surface area contributed by atoms with E-state index in [1.165, 1.54) is 68.4 Å². The summed E-state index contributed by atoms with van der Waals surface area (Å²) in [6.45, 7) is 7.01. The van der Waals surface area contributed by atoms with E-state index >= 15 is 0 Å². The lowest BCUT2D eigenvalue weighted by Crippen LogP contribution is -2.34. The summed E-state index contributed by atoms with van der Waals surface area (Å²) in [5.41, 5.74) is 4.32. The van der Waals surface area contributed by atoms with E-state index in [1.807, 2.05) is 0 Å². The van der Waals surface area contributed by atoms with Gasteiger partial charge in [-0.15, -0.1) is 0 Å². The smallest absolute Gasteiger partial charge is 0.0393 e. The molecule has 3 rings (SSSR count). The molecule has 1 aliphatic carbocycles. The predicted octanol–water partition coefficient (Wildman–Crippen LogP) is 4.84. The van der Waals surface area contributed by atoms with E-state index in [0.717, 1.165) is 18.5 Å². The van der Waals surface area contributed by atoms with Gasteiger partial charge in [-0.25, -0.2) is 0 Å². The third-order valence-electron chi connectivity index (χ3n) is 5.08. The van der Waals surface area contributed by atoms with Crippen LogP contribution in [0.5, 0.6) is 0 Å².